The monoisotopic (exact) mass is 738 g/mol. The molecule has 0 aliphatic rings. The molecule has 4 aromatic rings. The molecular formula is C36H42CaO10S2. The van der Waals surface area contributed by atoms with Crippen LogP contribution in [-0.2, 0) is 33.1 Å². The smallest absolute Gasteiger partial charge is 0.872 e. The van der Waals surface area contributed by atoms with Gasteiger partial charge >= 0.3 is 37.7 Å². The van der Waals surface area contributed by atoms with E-state index in [0.29, 0.717) is 23.0 Å². The maximum absolute atomic E-state index is 12.1. The van der Waals surface area contributed by atoms with Crippen LogP contribution in [0.25, 0.3) is 0 Å². The molecule has 0 aliphatic heterocycles. The van der Waals surface area contributed by atoms with Gasteiger partial charge in [-0.3, -0.25) is 4.55 Å². The Bertz CT molecular complexity index is 1680. The first-order valence-corrected chi connectivity index (χ1v) is 18.8. The van der Waals surface area contributed by atoms with Crippen LogP contribution in [0.1, 0.15) is 76.3 Å². The molecule has 0 atom stereocenters. The number of aromatic hydroxyl groups is 1. The molecule has 260 valence electrons. The van der Waals surface area contributed by atoms with E-state index >= 15 is 0 Å². The third-order valence-electron chi connectivity index (χ3n) is 7.40. The molecule has 0 saturated carbocycles. The van der Waals surface area contributed by atoms with E-state index in [1.54, 1.807) is 24.3 Å². The minimum atomic E-state index is -4.47. The van der Waals surface area contributed by atoms with Crippen LogP contribution < -0.4 is 14.6 Å². The van der Waals surface area contributed by atoms with Crippen molar-refractivity contribution in [2.45, 2.75) is 87.8 Å². The van der Waals surface area contributed by atoms with Crippen molar-refractivity contribution in [3.05, 3.63) is 96.1 Å². The van der Waals surface area contributed by atoms with Gasteiger partial charge in [-0.05, 0) is 98.0 Å². The van der Waals surface area contributed by atoms with E-state index in [4.69, 9.17) is 14.0 Å². The molecule has 13 heteroatoms. The van der Waals surface area contributed by atoms with Crippen LogP contribution in [0.3, 0.4) is 0 Å². The van der Waals surface area contributed by atoms with Crippen molar-refractivity contribution < 1.29 is 45.6 Å². The zero-order valence-corrected chi connectivity index (χ0v) is 31.7. The maximum Gasteiger partial charge on any atom is 2.00 e. The van der Waals surface area contributed by atoms with Crippen LogP contribution in [-0.4, -0.2) is 68.8 Å². The van der Waals surface area contributed by atoms with Crippen LogP contribution in [0.4, 0.5) is 0 Å². The predicted octanol–water partition coefficient (Wildman–Crippen LogP) is 7.75. The van der Waals surface area contributed by atoms with E-state index in [9.17, 15) is 31.6 Å². The molecule has 0 amide bonds. The molecule has 0 heterocycles. The number of ether oxygens (including phenoxy) is 2. The molecule has 2 N–H and O–H groups in total. The molecular weight excluding hydrogens is 697 g/mol. The Morgan fingerprint density at radius 1 is 0.592 bits per heavy atom. The molecule has 49 heavy (non-hydrogen) atoms. The van der Waals surface area contributed by atoms with Crippen LogP contribution in [0.15, 0.2) is 94.7 Å². The number of phenols is 1. The van der Waals surface area contributed by atoms with Crippen molar-refractivity contribution >= 4 is 58.0 Å². The molecule has 0 radical (unpaired) electrons. The first-order valence-electron chi connectivity index (χ1n) is 15.9. The number of unbranched alkanes of at least 4 members (excludes halogenated alkanes) is 6. The molecule has 0 unspecified atom stereocenters. The SMILES string of the molecule is CCCCCCc1ccc(Oc2ccc(S(=O)(=O)O)cc2)cc1O.CCCCCCc1ccc(Oc2ccc(S(=O)(=O)[O-])cc2)cc1[O-].[Ca+2]. The quantitative estimate of drug-likeness (QED) is 0.0657. The Labute approximate surface area is 319 Å². The number of hydrogen-bond donors (Lipinski definition) is 2. The van der Waals surface area contributed by atoms with Gasteiger partial charge in [0.1, 0.15) is 38.9 Å². The molecule has 0 fully saturated rings. The fraction of sp³-hybridized carbons (Fsp3) is 0.333. The summed E-state index contributed by atoms with van der Waals surface area (Å²) in [6, 6.07) is 20.6. The first-order chi connectivity index (χ1) is 22.8. The summed E-state index contributed by atoms with van der Waals surface area (Å²) in [5.41, 5.74) is 1.66. The van der Waals surface area contributed by atoms with Crippen molar-refractivity contribution in [1.82, 2.24) is 0 Å². The van der Waals surface area contributed by atoms with Crippen molar-refractivity contribution in [3.8, 4) is 34.5 Å². The average molecular weight is 739 g/mol. The largest absolute Gasteiger partial charge is 2.00 e. The van der Waals surface area contributed by atoms with E-state index in [2.05, 4.69) is 13.8 Å². The summed E-state index contributed by atoms with van der Waals surface area (Å²) in [4.78, 5) is -0.512. The van der Waals surface area contributed by atoms with Gasteiger partial charge in [-0.25, -0.2) is 8.42 Å². The first kappa shape index (κ1) is 42.3. The van der Waals surface area contributed by atoms with Gasteiger partial charge in [0.2, 0.25) is 0 Å². The van der Waals surface area contributed by atoms with E-state index < -0.39 is 20.2 Å². The molecule has 0 bridgehead atoms. The standard InChI is InChI=1S/2C18H22O5S.Ca/c2*1-2-3-4-5-6-14-7-8-16(13-18(14)19)23-15-9-11-17(12-10-15)24(20,21)22;/h2*7-13,19H,2-6H2,1H3,(H,20,21,22);/q;;+2/p-2. The minimum absolute atomic E-state index is 0. The second-order valence-electron chi connectivity index (χ2n) is 11.3. The van der Waals surface area contributed by atoms with E-state index in [1.165, 1.54) is 73.9 Å². The third-order valence-corrected chi connectivity index (χ3v) is 9.12. The normalized spacial score (nSPS) is 11.2. The van der Waals surface area contributed by atoms with E-state index in [1.807, 2.05) is 6.07 Å². The summed E-state index contributed by atoms with van der Waals surface area (Å²) in [5.74, 6) is 1.75. The fourth-order valence-electron chi connectivity index (χ4n) is 4.73. The fourth-order valence-corrected chi connectivity index (χ4v) is 5.68. The number of aryl methyl sites for hydroxylation is 2. The summed E-state index contributed by atoms with van der Waals surface area (Å²) >= 11 is 0. The number of hydrogen-bond acceptors (Lipinski definition) is 9. The topological polar surface area (TPSA) is 173 Å². The van der Waals surface area contributed by atoms with Gasteiger partial charge in [-0.2, -0.15) is 8.42 Å². The van der Waals surface area contributed by atoms with Crippen LogP contribution >= 0.6 is 0 Å². The minimum Gasteiger partial charge on any atom is -0.872 e. The van der Waals surface area contributed by atoms with E-state index in [0.717, 1.165) is 56.1 Å². The Morgan fingerprint density at radius 3 is 1.45 bits per heavy atom. The van der Waals surface area contributed by atoms with Crippen molar-refractivity contribution in [2.75, 3.05) is 0 Å². The summed E-state index contributed by atoms with van der Waals surface area (Å²) in [7, 11) is -8.69. The Hall–Kier alpha value is -2.84. The van der Waals surface area contributed by atoms with Crippen LogP contribution in [0.2, 0.25) is 0 Å². The molecule has 0 saturated heterocycles. The van der Waals surface area contributed by atoms with Crippen molar-refractivity contribution in [3.63, 3.8) is 0 Å². The predicted molar refractivity (Wildman–Crippen MR) is 186 cm³/mol. The second-order valence-corrected chi connectivity index (χ2v) is 14.1. The Morgan fingerprint density at radius 2 is 1.02 bits per heavy atom. The number of phenolic OH excluding ortho intramolecular Hbond substituents is 1. The van der Waals surface area contributed by atoms with Gasteiger partial charge in [0, 0.05) is 6.07 Å². The second kappa shape index (κ2) is 20.7. The van der Waals surface area contributed by atoms with Gasteiger partial charge in [-0.15, -0.1) is 5.75 Å². The summed E-state index contributed by atoms with van der Waals surface area (Å²) in [6.07, 6.45) is 10.6. The van der Waals surface area contributed by atoms with Gasteiger partial charge in [-0.1, -0.05) is 70.1 Å². The van der Waals surface area contributed by atoms with Gasteiger partial charge in [0.05, 0.1) is 9.79 Å². The van der Waals surface area contributed by atoms with Gasteiger partial charge in [0.25, 0.3) is 10.1 Å². The molecule has 10 nitrogen and oxygen atoms in total. The summed E-state index contributed by atoms with van der Waals surface area (Å²) < 4.78 is 74.7. The van der Waals surface area contributed by atoms with Crippen molar-refractivity contribution in [2.24, 2.45) is 0 Å². The molecule has 4 rings (SSSR count). The zero-order chi connectivity index (χ0) is 35.2. The van der Waals surface area contributed by atoms with E-state index in [-0.39, 0.29) is 59.0 Å². The van der Waals surface area contributed by atoms with Crippen molar-refractivity contribution in [1.29, 1.82) is 0 Å². The molecule has 0 spiro atoms. The number of rotatable bonds is 16. The molecule has 0 aromatic heterocycles. The van der Waals surface area contributed by atoms with Gasteiger partial charge < -0.3 is 24.2 Å². The molecule has 0 aliphatic carbocycles. The van der Waals surface area contributed by atoms with Crippen LogP contribution in [0.5, 0.6) is 34.5 Å². The summed E-state index contributed by atoms with van der Waals surface area (Å²) in [6.45, 7) is 4.30. The maximum atomic E-state index is 12.1. The van der Waals surface area contributed by atoms with Gasteiger partial charge in [0.15, 0.2) is 0 Å². The Kier molecular flexibility index (Phi) is 17.9. The Balaban J connectivity index is 0.000000333. The third kappa shape index (κ3) is 14.9. The average Bonchev–Trinajstić information content (AvgIpc) is 3.03. The van der Waals surface area contributed by atoms with Crippen LogP contribution in [0, 0.1) is 0 Å². The summed E-state index contributed by atoms with van der Waals surface area (Å²) in [5, 5.41) is 22.2. The zero-order valence-electron chi connectivity index (χ0n) is 27.8. The molecule has 4 aromatic carbocycles. The number of benzene rings is 4.